The van der Waals surface area contributed by atoms with Crippen molar-refractivity contribution in [2.75, 3.05) is 19.8 Å². The monoisotopic (exact) mass is 329 g/mol. The zero-order chi connectivity index (χ0) is 13.8. The molecule has 2 N–H and O–H groups in total. The number of hydrogen-bond donors (Lipinski definition) is 2. The molecule has 1 heterocycles. The van der Waals surface area contributed by atoms with E-state index < -0.39 is 0 Å². The minimum atomic E-state index is 0.193. The number of benzene rings is 1. The normalized spacial score (nSPS) is 17.1. The number of halogens is 1. The van der Waals surface area contributed by atoms with E-state index in [1.807, 2.05) is 19.1 Å². The van der Waals surface area contributed by atoms with Crippen molar-refractivity contribution in [3.8, 4) is 11.5 Å². The van der Waals surface area contributed by atoms with E-state index in [4.69, 9.17) is 14.6 Å². The van der Waals surface area contributed by atoms with E-state index in [0.29, 0.717) is 13.2 Å². The van der Waals surface area contributed by atoms with Gasteiger partial charge >= 0.3 is 0 Å². The predicted octanol–water partition coefficient (Wildman–Crippen LogP) is 2.33. The molecular weight excluding hydrogens is 310 g/mol. The zero-order valence-electron chi connectivity index (χ0n) is 11.3. The third kappa shape index (κ3) is 3.61. The first-order chi connectivity index (χ1) is 9.11. The van der Waals surface area contributed by atoms with Crippen LogP contribution in [0.3, 0.4) is 0 Å². The number of ether oxygens (including phenoxy) is 2. The molecule has 0 saturated heterocycles. The second-order valence-corrected chi connectivity index (χ2v) is 5.79. The summed E-state index contributed by atoms with van der Waals surface area (Å²) in [5.74, 6) is 1.81. The molecule has 0 bridgehead atoms. The maximum Gasteiger partial charge on any atom is 0.175 e. The Hall–Kier alpha value is -0.780. The molecule has 5 heteroatoms. The van der Waals surface area contributed by atoms with Crippen molar-refractivity contribution >= 4 is 15.9 Å². The summed E-state index contributed by atoms with van der Waals surface area (Å²) in [4.78, 5) is 0. The minimum absolute atomic E-state index is 0.193. The molecule has 2 atom stereocenters. The fraction of sp³-hybridized carbons (Fsp3) is 0.571. The molecule has 0 amide bonds. The van der Waals surface area contributed by atoms with Crippen LogP contribution in [0.15, 0.2) is 16.6 Å². The standard InChI is InChI=1S/C14H20BrNO3/c1-9(8-17)10(2)16-7-11-5-12(15)14-13(6-11)18-3-4-19-14/h5-6,9-10,16-17H,3-4,7-8H2,1-2H3. The Morgan fingerprint density at radius 1 is 1.32 bits per heavy atom. The van der Waals surface area contributed by atoms with Crippen molar-refractivity contribution in [1.82, 2.24) is 5.32 Å². The van der Waals surface area contributed by atoms with E-state index in [-0.39, 0.29) is 18.6 Å². The van der Waals surface area contributed by atoms with Crippen LogP contribution in [0, 0.1) is 5.92 Å². The number of nitrogens with one attached hydrogen (secondary N) is 1. The molecule has 2 unspecified atom stereocenters. The molecule has 0 radical (unpaired) electrons. The van der Waals surface area contributed by atoms with Gasteiger partial charge < -0.3 is 19.9 Å². The Balaban J connectivity index is 2.03. The van der Waals surface area contributed by atoms with Crippen molar-refractivity contribution in [3.05, 3.63) is 22.2 Å². The Kier molecular flexibility index (Phi) is 5.07. The van der Waals surface area contributed by atoms with Gasteiger partial charge in [0.25, 0.3) is 0 Å². The fourth-order valence-electron chi connectivity index (χ4n) is 1.90. The Morgan fingerprint density at radius 3 is 2.79 bits per heavy atom. The molecule has 1 aliphatic heterocycles. The average Bonchev–Trinajstić information content (AvgIpc) is 2.44. The van der Waals surface area contributed by atoms with E-state index in [2.05, 4.69) is 28.2 Å². The van der Waals surface area contributed by atoms with Gasteiger partial charge in [-0.05, 0) is 46.5 Å². The van der Waals surface area contributed by atoms with Crippen molar-refractivity contribution < 1.29 is 14.6 Å². The number of rotatable bonds is 5. The van der Waals surface area contributed by atoms with Crippen molar-refractivity contribution in [2.45, 2.75) is 26.4 Å². The van der Waals surface area contributed by atoms with Crippen LogP contribution in [-0.2, 0) is 6.54 Å². The topological polar surface area (TPSA) is 50.7 Å². The quantitative estimate of drug-likeness (QED) is 0.870. The van der Waals surface area contributed by atoms with Crippen molar-refractivity contribution in [2.24, 2.45) is 5.92 Å². The number of aliphatic hydroxyl groups excluding tert-OH is 1. The number of aliphatic hydroxyl groups is 1. The first-order valence-electron chi connectivity index (χ1n) is 6.54. The van der Waals surface area contributed by atoms with E-state index >= 15 is 0 Å². The predicted molar refractivity (Wildman–Crippen MR) is 77.7 cm³/mol. The van der Waals surface area contributed by atoms with Crippen LogP contribution in [0.4, 0.5) is 0 Å². The van der Waals surface area contributed by atoms with Gasteiger partial charge in [-0.25, -0.2) is 0 Å². The van der Waals surface area contributed by atoms with E-state index in [1.54, 1.807) is 0 Å². The molecule has 19 heavy (non-hydrogen) atoms. The van der Waals surface area contributed by atoms with E-state index in [9.17, 15) is 0 Å². The van der Waals surface area contributed by atoms with E-state index in [1.165, 1.54) is 0 Å². The minimum Gasteiger partial charge on any atom is -0.486 e. The molecule has 0 spiro atoms. The maximum atomic E-state index is 9.12. The summed E-state index contributed by atoms with van der Waals surface area (Å²) in [7, 11) is 0. The van der Waals surface area contributed by atoms with Gasteiger partial charge in [-0.1, -0.05) is 6.92 Å². The molecule has 2 rings (SSSR count). The summed E-state index contributed by atoms with van der Waals surface area (Å²) >= 11 is 3.51. The van der Waals surface area contributed by atoms with Crippen LogP contribution in [0.5, 0.6) is 11.5 Å². The van der Waals surface area contributed by atoms with Crippen molar-refractivity contribution in [3.63, 3.8) is 0 Å². The molecule has 1 aromatic carbocycles. The third-order valence-corrected chi connectivity index (χ3v) is 4.02. The third-order valence-electron chi connectivity index (χ3n) is 3.43. The zero-order valence-corrected chi connectivity index (χ0v) is 12.9. The van der Waals surface area contributed by atoms with Gasteiger partial charge in [-0.3, -0.25) is 0 Å². The van der Waals surface area contributed by atoms with Gasteiger partial charge in [0, 0.05) is 19.2 Å². The molecule has 1 aliphatic rings. The molecule has 0 saturated carbocycles. The SMILES string of the molecule is CC(CO)C(C)NCc1cc(Br)c2c(c1)OCCO2. The van der Waals surface area contributed by atoms with Crippen LogP contribution >= 0.6 is 15.9 Å². The largest absolute Gasteiger partial charge is 0.486 e. The highest BCUT2D eigenvalue weighted by molar-refractivity contribution is 9.10. The molecule has 106 valence electrons. The molecule has 0 fully saturated rings. The lowest BCUT2D eigenvalue weighted by atomic mass is 10.0. The molecule has 0 aromatic heterocycles. The van der Waals surface area contributed by atoms with Crippen LogP contribution in [0.2, 0.25) is 0 Å². The Bertz CT molecular complexity index is 439. The summed E-state index contributed by atoms with van der Waals surface area (Å²) < 4.78 is 12.1. The molecule has 4 nitrogen and oxygen atoms in total. The van der Waals surface area contributed by atoms with E-state index in [0.717, 1.165) is 28.1 Å². The molecule has 0 aliphatic carbocycles. The van der Waals surface area contributed by atoms with Gasteiger partial charge in [-0.2, -0.15) is 0 Å². The first kappa shape index (κ1) is 14.6. The maximum absolute atomic E-state index is 9.12. The van der Waals surface area contributed by atoms with Crippen LogP contribution in [0.25, 0.3) is 0 Å². The van der Waals surface area contributed by atoms with Gasteiger partial charge in [0.05, 0.1) is 4.47 Å². The Morgan fingerprint density at radius 2 is 2.05 bits per heavy atom. The summed E-state index contributed by atoms with van der Waals surface area (Å²) in [6.07, 6.45) is 0. The van der Waals surface area contributed by atoms with Crippen LogP contribution in [0.1, 0.15) is 19.4 Å². The number of fused-ring (bicyclic) bond motifs is 1. The van der Waals surface area contributed by atoms with Crippen molar-refractivity contribution in [1.29, 1.82) is 0 Å². The molecular formula is C14H20BrNO3. The number of hydrogen-bond acceptors (Lipinski definition) is 4. The lowest BCUT2D eigenvalue weighted by Crippen LogP contribution is -2.33. The molecule has 1 aromatic rings. The highest BCUT2D eigenvalue weighted by Gasteiger charge is 2.17. The van der Waals surface area contributed by atoms with Crippen LogP contribution in [-0.4, -0.2) is 31.0 Å². The second kappa shape index (κ2) is 6.59. The fourth-order valence-corrected chi connectivity index (χ4v) is 2.51. The summed E-state index contributed by atoms with van der Waals surface area (Å²) in [5.41, 5.74) is 1.13. The summed E-state index contributed by atoms with van der Waals surface area (Å²) in [5, 5.41) is 12.5. The smallest absolute Gasteiger partial charge is 0.175 e. The summed E-state index contributed by atoms with van der Waals surface area (Å²) in [6.45, 7) is 6.22. The first-order valence-corrected chi connectivity index (χ1v) is 7.33. The second-order valence-electron chi connectivity index (χ2n) is 4.93. The lowest BCUT2D eigenvalue weighted by Gasteiger charge is -2.22. The van der Waals surface area contributed by atoms with Gasteiger partial charge in [0.2, 0.25) is 0 Å². The average molecular weight is 330 g/mol. The Labute approximate surface area is 122 Å². The highest BCUT2D eigenvalue weighted by atomic mass is 79.9. The van der Waals surface area contributed by atoms with Crippen LogP contribution < -0.4 is 14.8 Å². The van der Waals surface area contributed by atoms with Gasteiger partial charge in [0.1, 0.15) is 13.2 Å². The summed E-state index contributed by atoms with van der Waals surface area (Å²) in [6, 6.07) is 4.30. The highest BCUT2D eigenvalue weighted by Crippen LogP contribution is 2.38. The van der Waals surface area contributed by atoms with Gasteiger partial charge in [-0.15, -0.1) is 0 Å². The lowest BCUT2D eigenvalue weighted by molar-refractivity contribution is 0.170. The van der Waals surface area contributed by atoms with Gasteiger partial charge in [0.15, 0.2) is 11.5 Å².